The van der Waals surface area contributed by atoms with Crippen molar-refractivity contribution < 1.29 is 29.0 Å². The zero-order valence-electron chi connectivity index (χ0n) is 38.4. The van der Waals surface area contributed by atoms with Crippen LogP contribution in [0.3, 0.4) is 0 Å². The highest BCUT2D eigenvalue weighted by atomic mass is 32.2. The molecule has 0 aliphatic heterocycles. The monoisotopic (exact) mass is 875 g/mol. The minimum Gasteiger partial charge on any atom is -0.481 e. The number of aliphatic carboxylic acids is 1. The van der Waals surface area contributed by atoms with Crippen molar-refractivity contribution >= 4 is 53.2 Å². The van der Waals surface area contributed by atoms with E-state index in [1.54, 1.807) is 35.3 Å². The van der Waals surface area contributed by atoms with Gasteiger partial charge >= 0.3 is 17.9 Å². The second-order valence-electron chi connectivity index (χ2n) is 16.8. The van der Waals surface area contributed by atoms with E-state index in [2.05, 4.69) is 20.8 Å². The largest absolute Gasteiger partial charge is 0.481 e. The van der Waals surface area contributed by atoms with Gasteiger partial charge in [0.25, 0.3) is 0 Å². The number of thioether (sulfide) groups is 3. The zero-order chi connectivity index (χ0) is 42.4. The molecule has 0 amide bonds. The van der Waals surface area contributed by atoms with Crippen molar-refractivity contribution in [1.29, 1.82) is 0 Å². The molecule has 1 N–H and O–H groups in total. The third kappa shape index (κ3) is 42.2. The summed E-state index contributed by atoms with van der Waals surface area (Å²) in [6, 6.07) is 0. The highest BCUT2D eigenvalue weighted by molar-refractivity contribution is 7.99. The number of rotatable bonds is 48. The van der Waals surface area contributed by atoms with E-state index in [0.29, 0.717) is 37.2 Å². The predicted molar refractivity (Wildman–Crippen MR) is 258 cm³/mol. The highest BCUT2D eigenvalue weighted by Gasteiger charge is 2.23. The Bertz CT molecular complexity index is 890. The van der Waals surface area contributed by atoms with Crippen LogP contribution in [0.1, 0.15) is 239 Å². The Hall–Kier alpha value is -0.540. The fraction of sp³-hybridized carbons (Fsp3) is 0.939. The zero-order valence-corrected chi connectivity index (χ0v) is 40.8. The van der Waals surface area contributed by atoms with Crippen LogP contribution in [0.25, 0.3) is 0 Å². The van der Waals surface area contributed by atoms with Gasteiger partial charge in [0.1, 0.15) is 0 Å². The van der Waals surface area contributed by atoms with Crippen molar-refractivity contribution in [3.8, 4) is 0 Å². The quantitative estimate of drug-likeness (QED) is 0.0365. The number of ether oxygens (including phenoxy) is 2. The van der Waals surface area contributed by atoms with Crippen molar-refractivity contribution in [1.82, 2.24) is 0 Å². The van der Waals surface area contributed by atoms with Gasteiger partial charge in [-0.3, -0.25) is 14.4 Å². The summed E-state index contributed by atoms with van der Waals surface area (Å²) in [5, 5.41) is 9.93. The number of unbranched alkanes of at least 4 members (excludes halogenated alkanes) is 27. The maximum atomic E-state index is 13.2. The van der Waals surface area contributed by atoms with Gasteiger partial charge in [-0.1, -0.05) is 201 Å². The molecule has 0 aliphatic rings. The molecule has 0 saturated heterocycles. The molecule has 0 heterocycles. The topological polar surface area (TPSA) is 89.9 Å². The molecule has 0 radical (unpaired) electrons. The van der Waals surface area contributed by atoms with Crippen LogP contribution in [0.4, 0.5) is 0 Å². The Labute approximate surface area is 372 Å². The fourth-order valence-corrected chi connectivity index (χ4v) is 10.5. The number of carboxylic acid groups (broad SMARTS) is 1. The number of hydrogen-bond acceptors (Lipinski definition) is 8. The summed E-state index contributed by atoms with van der Waals surface area (Å²) in [6.07, 6.45) is 41.5. The van der Waals surface area contributed by atoms with Crippen LogP contribution in [0.2, 0.25) is 0 Å². The number of carbonyl (C=O) groups excluding carboxylic acids is 2. The molecule has 0 aromatic rings. The summed E-state index contributed by atoms with van der Waals surface area (Å²) in [7, 11) is 0. The number of hydrogen-bond donors (Lipinski definition) is 1. The van der Waals surface area contributed by atoms with E-state index in [1.807, 2.05) is 0 Å². The van der Waals surface area contributed by atoms with Crippen molar-refractivity contribution in [2.45, 2.75) is 239 Å². The summed E-state index contributed by atoms with van der Waals surface area (Å²) in [5.41, 5.74) is 0. The van der Waals surface area contributed by atoms with E-state index in [1.165, 1.54) is 180 Å². The maximum Gasteiger partial charge on any atom is 0.312 e. The molecule has 0 fully saturated rings. The van der Waals surface area contributed by atoms with Crippen LogP contribution in [0, 0.1) is 11.8 Å². The third-order valence-corrected chi connectivity index (χ3v) is 14.7. The first kappa shape index (κ1) is 57.5. The lowest BCUT2D eigenvalue weighted by Gasteiger charge is -2.17. The Balaban J connectivity index is 4.46. The van der Waals surface area contributed by atoms with E-state index in [0.717, 1.165) is 35.9 Å². The number of carboxylic acids is 1. The minimum atomic E-state index is -0.737. The summed E-state index contributed by atoms with van der Waals surface area (Å²) in [6.45, 7) is 6.44. The van der Waals surface area contributed by atoms with Gasteiger partial charge in [-0.15, -0.1) is 0 Å². The van der Waals surface area contributed by atoms with Crippen LogP contribution in [-0.2, 0) is 23.9 Å². The summed E-state index contributed by atoms with van der Waals surface area (Å²) in [4.78, 5) is 37.6. The predicted octanol–water partition coefficient (Wildman–Crippen LogP) is 15.9. The van der Waals surface area contributed by atoms with E-state index in [9.17, 15) is 19.5 Å². The molecule has 9 heteroatoms. The van der Waals surface area contributed by atoms with Gasteiger partial charge in [0.2, 0.25) is 6.79 Å². The maximum absolute atomic E-state index is 13.2. The van der Waals surface area contributed by atoms with Gasteiger partial charge in [0.15, 0.2) is 0 Å². The van der Waals surface area contributed by atoms with E-state index >= 15 is 0 Å². The van der Waals surface area contributed by atoms with Gasteiger partial charge in [-0.25, -0.2) is 0 Å². The van der Waals surface area contributed by atoms with E-state index in [4.69, 9.17) is 9.47 Å². The summed E-state index contributed by atoms with van der Waals surface area (Å²) < 4.78 is 10.8. The normalized spacial score (nSPS) is 12.5. The second-order valence-corrected chi connectivity index (χ2v) is 20.3. The van der Waals surface area contributed by atoms with Crippen LogP contribution in [0.5, 0.6) is 0 Å². The van der Waals surface area contributed by atoms with Crippen molar-refractivity contribution in [2.24, 2.45) is 11.8 Å². The highest BCUT2D eigenvalue weighted by Crippen LogP contribution is 2.24. The lowest BCUT2D eigenvalue weighted by atomic mass is 9.98. The lowest BCUT2D eigenvalue weighted by Crippen LogP contribution is -2.23. The first-order valence-corrected chi connectivity index (χ1v) is 28.2. The Kier molecular flexibility index (Phi) is 47.1. The molecule has 0 bridgehead atoms. The Morgan fingerprint density at radius 3 is 1.16 bits per heavy atom. The first-order chi connectivity index (χ1) is 28.5. The third-order valence-electron chi connectivity index (χ3n) is 11.2. The molecule has 344 valence electrons. The van der Waals surface area contributed by atoms with E-state index < -0.39 is 11.9 Å². The molecule has 0 aromatic carbocycles. The molecule has 6 nitrogen and oxygen atoms in total. The summed E-state index contributed by atoms with van der Waals surface area (Å²) in [5.74, 6) is 3.00. The molecule has 0 aromatic heterocycles. The molecule has 0 aliphatic carbocycles. The van der Waals surface area contributed by atoms with E-state index in [-0.39, 0.29) is 24.6 Å². The Morgan fingerprint density at radius 1 is 0.414 bits per heavy atom. The number of esters is 2. The fourth-order valence-electron chi connectivity index (χ4n) is 7.28. The molecule has 58 heavy (non-hydrogen) atoms. The van der Waals surface area contributed by atoms with Gasteiger partial charge in [-0.2, -0.15) is 35.3 Å². The number of carbonyl (C=O) groups is 3. The first-order valence-electron chi connectivity index (χ1n) is 24.7. The van der Waals surface area contributed by atoms with Crippen molar-refractivity contribution in [2.75, 3.05) is 41.3 Å². The van der Waals surface area contributed by atoms with Gasteiger partial charge in [0.05, 0.1) is 18.3 Å². The molecule has 0 saturated carbocycles. The second kappa shape index (κ2) is 47.5. The smallest absolute Gasteiger partial charge is 0.312 e. The van der Waals surface area contributed by atoms with Gasteiger partial charge in [-0.05, 0) is 49.4 Å². The average Bonchev–Trinajstić information content (AvgIpc) is 3.21. The van der Waals surface area contributed by atoms with Crippen molar-refractivity contribution in [3.63, 3.8) is 0 Å². The van der Waals surface area contributed by atoms with Crippen LogP contribution >= 0.6 is 35.3 Å². The SMILES string of the molecule is CCCCCCCCCCCCSCCC(=O)OCOC(=O)C(CCCC(CSCCCCCCCCCCCC)C(=O)O)CSCCCCCCCCCCCC. The van der Waals surface area contributed by atoms with Crippen LogP contribution in [0.15, 0.2) is 0 Å². The average molecular weight is 875 g/mol. The lowest BCUT2D eigenvalue weighted by molar-refractivity contribution is -0.169. The van der Waals surface area contributed by atoms with Gasteiger partial charge < -0.3 is 14.6 Å². The van der Waals surface area contributed by atoms with Crippen LogP contribution < -0.4 is 0 Å². The standard InChI is InChI=1S/C49H94O6S3/c1-4-7-10-13-16-19-22-25-28-31-38-56-41-37-47(50)54-44-55-49(53)46(43-58-40-33-30-27-24-21-18-15-12-9-6-3)36-34-35-45(48(51)52)42-57-39-32-29-26-23-20-17-14-11-8-5-2/h45-46H,4-44H2,1-3H3,(H,51,52). The molecular weight excluding hydrogens is 781 g/mol. The molecule has 0 rings (SSSR count). The van der Waals surface area contributed by atoms with Crippen LogP contribution in [-0.4, -0.2) is 64.3 Å². The Morgan fingerprint density at radius 2 is 0.759 bits per heavy atom. The van der Waals surface area contributed by atoms with Gasteiger partial charge in [0, 0.05) is 17.3 Å². The molecule has 0 spiro atoms. The minimum absolute atomic E-state index is 0.322. The molecule has 2 atom stereocenters. The molecule has 2 unspecified atom stereocenters. The molecular formula is C49H94O6S3. The van der Waals surface area contributed by atoms with Crippen molar-refractivity contribution in [3.05, 3.63) is 0 Å². The summed E-state index contributed by atoms with van der Waals surface area (Å²) >= 11 is 5.36.